The number of carbonyl (C=O) groups excluding carboxylic acids is 1. The van der Waals surface area contributed by atoms with Crippen LogP contribution in [-0.2, 0) is 4.79 Å². The third-order valence-corrected chi connectivity index (χ3v) is 5.26. The summed E-state index contributed by atoms with van der Waals surface area (Å²) in [4.78, 5) is 14.7. The third-order valence-electron chi connectivity index (χ3n) is 5.26. The van der Waals surface area contributed by atoms with Crippen LogP contribution in [0.3, 0.4) is 0 Å². The second-order valence-corrected chi connectivity index (χ2v) is 6.87. The van der Waals surface area contributed by atoms with Gasteiger partial charge in [-0.2, -0.15) is 0 Å². The zero-order chi connectivity index (χ0) is 15.0. The molecule has 0 bridgehead atoms. The second-order valence-electron chi connectivity index (χ2n) is 6.87. The molecule has 0 radical (unpaired) electrons. The molecule has 4 nitrogen and oxygen atoms in total. The lowest BCUT2D eigenvalue weighted by Crippen LogP contribution is -2.48. The first kappa shape index (κ1) is 16.8. The van der Waals surface area contributed by atoms with Gasteiger partial charge in [0.15, 0.2) is 0 Å². The van der Waals surface area contributed by atoms with Gasteiger partial charge in [-0.3, -0.25) is 4.79 Å². The summed E-state index contributed by atoms with van der Waals surface area (Å²) in [6, 6.07) is 0. The molecule has 1 heterocycles. The molecule has 1 aliphatic carbocycles. The molecule has 2 N–H and O–H groups in total. The monoisotopic (exact) mass is 295 g/mol. The highest BCUT2D eigenvalue weighted by atomic mass is 16.1. The highest BCUT2D eigenvalue weighted by molar-refractivity contribution is 5.77. The Hall–Kier alpha value is -0.610. The number of nitrogens with one attached hydrogen (secondary N) is 2. The normalized spacial score (nSPS) is 22.9. The number of likely N-dealkylation sites (tertiary alicyclic amines) is 1. The van der Waals surface area contributed by atoms with Crippen LogP contribution in [0.5, 0.6) is 0 Å². The van der Waals surface area contributed by atoms with Crippen LogP contribution in [0.25, 0.3) is 0 Å². The molecule has 1 saturated carbocycles. The van der Waals surface area contributed by atoms with Gasteiger partial charge in [-0.05, 0) is 58.8 Å². The topological polar surface area (TPSA) is 44.4 Å². The summed E-state index contributed by atoms with van der Waals surface area (Å²) < 4.78 is 0. The maximum Gasteiger partial charge on any atom is 0.221 e. The van der Waals surface area contributed by atoms with Crippen molar-refractivity contribution in [1.29, 1.82) is 0 Å². The molecule has 1 aliphatic heterocycles. The molecule has 0 unspecified atom stereocenters. The quantitative estimate of drug-likeness (QED) is 0.708. The predicted molar refractivity (Wildman–Crippen MR) is 87.4 cm³/mol. The summed E-state index contributed by atoms with van der Waals surface area (Å²) in [5.74, 6) is 0.227. The highest BCUT2D eigenvalue weighted by Gasteiger charge is 2.32. The molecule has 21 heavy (non-hydrogen) atoms. The van der Waals surface area contributed by atoms with E-state index in [2.05, 4.69) is 15.5 Å². The van der Waals surface area contributed by atoms with Crippen molar-refractivity contribution in [3.05, 3.63) is 0 Å². The molecule has 0 aromatic heterocycles. The van der Waals surface area contributed by atoms with Crippen molar-refractivity contribution in [2.24, 2.45) is 0 Å². The second kappa shape index (κ2) is 8.74. The minimum absolute atomic E-state index is 0.0647. The lowest BCUT2D eigenvalue weighted by molar-refractivity contribution is -0.122. The van der Waals surface area contributed by atoms with Crippen LogP contribution in [0, 0.1) is 0 Å². The number of hydrogen-bond donors (Lipinski definition) is 2. The maximum atomic E-state index is 12.2. The zero-order valence-electron chi connectivity index (χ0n) is 13.8. The summed E-state index contributed by atoms with van der Waals surface area (Å²) in [5.41, 5.74) is 0.0647. The van der Waals surface area contributed by atoms with Crippen LogP contribution in [0.4, 0.5) is 0 Å². The first-order valence-electron chi connectivity index (χ1n) is 8.92. The molecule has 2 aliphatic rings. The first-order chi connectivity index (χ1) is 10.2. The predicted octanol–water partition coefficient (Wildman–Crippen LogP) is 2.29. The highest BCUT2D eigenvalue weighted by Crippen LogP contribution is 2.30. The Bertz CT molecular complexity index is 307. The standard InChI is InChI=1S/C17H33N3O/c1-18-17(9-4-2-5-10-17)15-16(21)19-11-8-14-20-12-6-3-7-13-20/h18H,2-15H2,1H3,(H,19,21). The van der Waals surface area contributed by atoms with Crippen LogP contribution in [0.15, 0.2) is 0 Å². The summed E-state index contributed by atoms with van der Waals surface area (Å²) >= 11 is 0. The first-order valence-corrected chi connectivity index (χ1v) is 8.92. The fourth-order valence-electron chi connectivity index (χ4n) is 3.83. The van der Waals surface area contributed by atoms with E-state index in [1.807, 2.05) is 7.05 Å². The van der Waals surface area contributed by atoms with Crippen molar-refractivity contribution in [1.82, 2.24) is 15.5 Å². The molecular formula is C17H33N3O. The van der Waals surface area contributed by atoms with Crippen LogP contribution in [0.1, 0.15) is 64.2 Å². The summed E-state index contributed by atoms with van der Waals surface area (Å²) in [6.45, 7) is 4.46. The van der Waals surface area contributed by atoms with E-state index in [-0.39, 0.29) is 11.4 Å². The number of rotatable bonds is 7. The van der Waals surface area contributed by atoms with Gasteiger partial charge >= 0.3 is 0 Å². The number of amides is 1. The van der Waals surface area contributed by atoms with E-state index in [0.29, 0.717) is 6.42 Å². The van der Waals surface area contributed by atoms with Gasteiger partial charge in [0.2, 0.25) is 5.91 Å². The van der Waals surface area contributed by atoms with Gasteiger partial charge in [0.05, 0.1) is 0 Å². The van der Waals surface area contributed by atoms with E-state index in [4.69, 9.17) is 0 Å². The molecule has 0 atom stereocenters. The van der Waals surface area contributed by atoms with Crippen molar-refractivity contribution in [2.45, 2.75) is 69.7 Å². The number of carbonyl (C=O) groups is 1. The molecule has 0 aromatic rings. The Morgan fingerprint density at radius 3 is 2.38 bits per heavy atom. The zero-order valence-corrected chi connectivity index (χ0v) is 13.8. The van der Waals surface area contributed by atoms with Gasteiger partial charge in [0.25, 0.3) is 0 Å². The van der Waals surface area contributed by atoms with E-state index in [1.54, 1.807) is 0 Å². The molecule has 1 saturated heterocycles. The maximum absolute atomic E-state index is 12.2. The Kier molecular flexibility index (Phi) is 6.97. The van der Waals surface area contributed by atoms with Crippen LogP contribution in [-0.4, -0.2) is 49.6 Å². The van der Waals surface area contributed by atoms with E-state index < -0.39 is 0 Å². The Morgan fingerprint density at radius 1 is 1.05 bits per heavy atom. The number of hydrogen-bond acceptors (Lipinski definition) is 3. The smallest absolute Gasteiger partial charge is 0.221 e. The lowest BCUT2D eigenvalue weighted by atomic mass is 9.79. The fourth-order valence-corrected chi connectivity index (χ4v) is 3.83. The van der Waals surface area contributed by atoms with Gasteiger partial charge in [-0.15, -0.1) is 0 Å². The van der Waals surface area contributed by atoms with Gasteiger partial charge in [0.1, 0.15) is 0 Å². The number of nitrogens with zero attached hydrogens (tertiary/aromatic N) is 1. The van der Waals surface area contributed by atoms with Crippen molar-refractivity contribution in [3.8, 4) is 0 Å². The average Bonchev–Trinajstić information content (AvgIpc) is 2.53. The number of piperidine rings is 1. The SMILES string of the molecule is CNC1(CC(=O)NCCCN2CCCCC2)CCCCC1. The van der Waals surface area contributed by atoms with Crippen molar-refractivity contribution >= 4 is 5.91 Å². The van der Waals surface area contributed by atoms with Gasteiger partial charge < -0.3 is 15.5 Å². The van der Waals surface area contributed by atoms with Gasteiger partial charge in [-0.1, -0.05) is 25.7 Å². The van der Waals surface area contributed by atoms with Crippen LogP contribution >= 0.6 is 0 Å². The molecule has 0 spiro atoms. The van der Waals surface area contributed by atoms with Crippen molar-refractivity contribution < 1.29 is 4.79 Å². The van der Waals surface area contributed by atoms with E-state index >= 15 is 0 Å². The minimum Gasteiger partial charge on any atom is -0.356 e. The van der Waals surface area contributed by atoms with E-state index in [0.717, 1.165) is 32.4 Å². The van der Waals surface area contributed by atoms with Crippen LogP contribution in [0.2, 0.25) is 0 Å². The van der Waals surface area contributed by atoms with Crippen molar-refractivity contribution in [2.75, 3.05) is 33.2 Å². The summed E-state index contributed by atoms with van der Waals surface area (Å²) in [6.07, 6.45) is 11.9. The molecule has 1 amide bonds. The largest absolute Gasteiger partial charge is 0.356 e. The Labute approximate surface area is 130 Å². The fraction of sp³-hybridized carbons (Fsp3) is 0.941. The molecule has 0 aromatic carbocycles. The van der Waals surface area contributed by atoms with E-state index in [9.17, 15) is 4.79 Å². The van der Waals surface area contributed by atoms with Crippen molar-refractivity contribution in [3.63, 3.8) is 0 Å². The average molecular weight is 295 g/mol. The molecule has 2 fully saturated rings. The molecule has 122 valence electrons. The van der Waals surface area contributed by atoms with E-state index in [1.165, 1.54) is 51.6 Å². The minimum atomic E-state index is 0.0647. The summed E-state index contributed by atoms with van der Waals surface area (Å²) in [7, 11) is 2.01. The van der Waals surface area contributed by atoms with Crippen LogP contribution < -0.4 is 10.6 Å². The van der Waals surface area contributed by atoms with Gasteiger partial charge in [-0.25, -0.2) is 0 Å². The van der Waals surface area contributed by atoms with Gasteiger partial charge in [0, 0.05) is 18.5 Å². The molecule has 4 heteroatoms. The Morgan fingerprint density at radius 2 is 1.71 bits per heavy atom. The lowest BCUT2D eigenvalue weighted by Gasteiger charge is -2.36. The molecule has 2 rings (SSSR count). The Balaban J connectivity index is 1.60. The summed E-state index contributed by atoms with van der Waals surface area (Å²) in [5, 5.41) is 6.54. The molecular weight excluding hydrogens is 262 g/mol. The third kappa shape index (κ3) is 5.59.